The van der Waals surface area contributed by atoms with Crippen molar-refractivity contribution in [2.45, 2.75) is 19.8 Å². The lowest BCUT2D eigenvalue weighted by Gasteiger charge is -2.09. The molecule has 0 bridgehead atoms. The van der Waals surface area contributed by atoms with Crippen LogP contribution in [0.5, 0.6) is 0 Å². The highest BCUT2D eigenvalue weighted by molar-refractivity contribution is 14.1. The Balaban J connectivity index is 2.31. The molecule has 0 radical (unpaired) electrons. The quantitative estimate of drug-likeness (QED) is 0.619. The van der Waals surface area contributed by atoms with Gasteiger partial charge in [0.15, 0.2) is 0 Å². The van der Waals surface area contributed by atoms with Gasteiger partial charge in [-0.1, -0.05) is 0 Å². The molecule has 0 aliphatic carbocycles. The lowest BCUT2D eigenvalue weighted by molar-refractivity contribution is 0.842. The molecule has 0 amide bonds. The number of hydrogen-bond donors (Lipinski definition) is 1. The molecule has 15 heavy (non-hydrogen) atoms. The Morgan fingerprint density at radius 2 is 2.13 bits per heavy atom. The Hall–Kier alpha value is 0.1000. The summed E-state index contributed by atoms with van der Waals surface area (Å²) in [6.07, 6.45) is 4.72. The molecule has 0 aromatic heterocycles. The number of anilines is 1. The molecule has 1 rings (SSSR count). The van der Waals surface area contributed by atoms with Crippen LogP contribution >= 0.6 is 34.4 Å². The van der Waals surface area contributed by atoms with E-state index in [1.807, 2.05) is 11.8 Å². The summed E-state index contributed by atoms with van der Waals surface area (Å²) in [5.41, 5.74) is 2.62. The van der Waals surface area contributed by atoms with Gasteiger partial charge in [0, 0.05) is 15.8 Å². The largest absolute Gasteiger partial charge is 0.385 e. The lowest BCUT2D eigenvalue weighted by Crippen LogP contribution is -2.03. The number of benzene rings is 1. The zero-order valence-electron chi connectivity index (χ0n) is 9.35. The van der Waals surface area contributed by atoms with Gasteiger partial charge in [-0.3, -0.25) is 0 Å². The maximum absolute atomic E-state index is 3.49. The summed E-state index contributed by atoms with van der Waals surface area (Å²) in [4.78, 5) is 0. The number of hydrogen-bond acceptors (Lipinski definition) is 2. The Labute approximate surface area is 111 Å². The van der Waals surface area contributed by atoms with E-state index in [2.05, 4.69) is 59.3 Å². The van der Waals surface area contributed by atoms with Crippen LogP contribution in [0.15, 0.2) is 18.2 Å². The Morgan fingerprint density at radius 1 is 1.33 bits per heavy atom. The minimum Gasteiger partial charge on any atom is -0.385 e. The minimum absolute atomic E-state index is 1.09. The van der Waals surface area contributed by atoms with Crippen molar-refractivity contribution in [3.05, 3.63) is 27.3 Å². The Morgan fingerprint density at radius 3 is 2.80 bits per heavy atom. The van der Waals surface area contributed by atoms with Gasteiger partial charge in [0.05, 0.1) is 0 Å². The molecule has 0 aliphatic heterocycles. The van der Waals surface area contributed by atoms with Gasteiger partial charge in [-0.2, -0.15) is 11.8 Å². The number of halogens is 1. The van der Waals surface area contributed by atoms with Crippen LogP contribution in [0.4, 0.5) is 5.69 Å². The van der Waals surface area contributed by atoms with E-state index in [1.54, 1.807) is 0 Å². The van der Waals surface area contributed by atoms with Gasteiger partial charge >= 0.3 is 0 Å². The summed E-state index contributed by atoms with van der Waals surface area (Å²) in [6.45, 7) is 3.24. The molecule has 0 saturated heterocycles. The third-order valence-electron chi connectivity index (χ3n) is 2.28. The van der Waals surface area contributed by atoms with Gasteiger partial charge in [0.1, 0.15) is 0 Å². The molecular weight excluding hydrogens is 317 g/mol. The fourth-order valence-corrected chi connectivity index (χ4v) is 2.56. The van der Waals surface area contributed by atoms with Crippen molar-refractivity contribution < 1.29 is 0 Å². The van der Waals surface area contributed by atoms with Crippen LogP contribution in [0, 0.1) is 10.5 Å². The number of unbranched alkanes of at least 4 members (excludes halogenated alkanes) is 1. The Bertz CT molecular complexity index is 302. The molecule has 0 saturated carbocycles. The van der Waals surface area contributed by atoms with Crippen molar-refractivity contribution in [1.82, 2.24) is 0 Å². The molecule has 1 N–H and O–H groups in total. The Kier molecular flexibility index (Phi) is 6.48. The fraction of sp³-hybridized carbons (Fsp3) is 0.500. The van der Waals surface area contributed by atoms with E-state index < -0.39 is 0 Å². The zero-order chi connectivity index (χ0) is 11.1. The van der Waals surface area contributed by atoms with Gasteiger partial charge in [-0.25, -0.2) is 0 Å². The molecule has 0 heterocycles. The molecular formula is C12H18INS. The summed E-state index contributed by atoms with van der Waals surface area (Å²) >= 11 is 4.27. The molecule has 1 aromatic rings. The van der Waals surface area contributed by atoms with Gasteiger partial charge < -0.3 is 5.32 Å². The van der Waals surface area contributed by atoms with E-state index in [4.69, 9.17) is 0 Å². The van der Waals surface area contributed by atoms with E-state index in [0.29, 0.717) is 0 Å². The van der Waals surface area contributed by atoms with Crippen LogP contribution < -0.4 is 5.32 Å². The molecule has 3 heteroatoms. The minimum atomic E-state index is 1.09. The lowest BCUT2D eigenvalue weighted by atomic mass is 10.2. The highest BCUT2D eigenvalue weighted by Gasteiger charge is 1.97. The van der Waals surface area contributed by atoms with Crippen LogP contribution in [0.25, 0.3) is 0 Å². The van der Waals surface area contributed by atoms with Crippen molar-refractivity contribution in [2.24, 2.45) is 0 Å². The van der Waals surface area contributed by atoms with Crippen molar-refractivity contribution >= 4 is 40.0 Å². The first-order valence-corrected chi connectivity index (χ1v) is 7.70. The van der Waals surface area contributed by atoms with Gasteiger partial charge in [-0.05, 0) is 78.1 Å². The van der Waals surface area contributed by atoms with Crippen LogP contribution in [0.1, 0.15) is 18.4 Å². The van der Waals surface area contributed by atoms with E-state index in [-0.39, 0.29) is 0 Å². The molecule has 1 aromatic carbocycles. The topological polar surface area (TPSA) is 12.0 Å². The first-order valence-electron chi connectivity index (χ1n) is 5.23. The zero-order valence-corrected chi connectivity index (χ0v) is 12.3. The number of aryl methyl sites for hydroxylation is 1. The van der Waals surface area contributed by atoms with Crippen molar-refractivity contribution in [3.63, 3.8) is 0 Å². The van der Waals surface area contributed by atoms with Crippen LogP contribution in [-0.4, -0.2) is 18.6 Å². The van der Waals surface area contributed by atoms with Gasteiger partial charge in [0.2, 0.25) is 0 Å². The monoisotopic (exact) mass is 335 g/mol. The second-order valence-electron chi connectivity index (χ2n) is 3.59. The molecule has 0 spiro atoms. The highest BCUT2D eigenvalue weighted by Crippen LogP contribution is 2.17. The molecule has 1 nitrogen and oxygen atoms in total. The second-order valence-corrected chi connectivity index (χ2v) is 5.82. The average Bonchev–Trinajstić information content (AvgIpc) is 2.20. The normalized spacial score (nSPS) is 10.3. The molecule has 0 atom stereocenters. The van der Waals surface area contributed by atoms with Crippen molar-refractivity contribution in [2.75, 3.05) is 23.9 Å². The number of thioether (sulfide) groups is 1. The van der Waals surface area contributed by atoms with E-state index >= 15 is 0 Å². The summed E-state index contributed by atoms with van der Waals surface area (Å²) in [5, 5.41) is 3.49. The summed E-state index contributed by atoms with van der Waals surface area (Å²) in [7, 11) is 0. The summed E-state index contributed by atoms with van der Waals surface area (Å²) in [6, 6.07) is 6.54. The third kappa shape index (κ3) is 5.11. The molecule has 84 valence electrons. The third-order valence-corrected chi connectivity index (χ3v) is 3.65. The summed E-state index contributed by atoms with van der Waals surface area (Å²) in [5.74, 6) is 1.27. The SMILES string of the molecule is CSCCCCNc1ccc(I)cc1C. The van der Waals surface area contributed by atoms with Crippen LogP contribution in [-0.2, 0) is 0 Å². The second kappa shape index (κ2) is 7.39. The molecule has 0 unspecified atom stereocenters. The maximum atomic E-state index is 3.49. The number of rotatable bonds is 6. The van der Waals surface area contributed by atoms with E-state index in [0.717, 1.165) is 6.54 Å². The fourth-order valence-electron chi connectivity index (χ4n) is 1.42. The van der Waals surface area contributed by atoms with Crippen molar-refractivity contribution in [1.29, 1.82) is 0 Å². The standard InChI is InChI=1S/C12H18INS/c1-10-9-11(13)5-6-12(10)14-7-3-4-8-15-2/h5-6,9,14H,3-4,7-8H2,1-2H3. The van der Waals surface area contributed by atoms with Crippen LogP contribution in [0.3, 0.4) is 0 Å². The number of nitrogens with one attached hydrogen (secondary N) is 1. The van der Waals surface area contributed by atoms with Gasteiger partial charge in [-0.15, -0.1) is 0 Å². The summed E-state index contributed by atoms with van der Waals surface area (Å²) < 4.78 is 1.30. The average molecular weight is 335 g/mol. The first kappa shape index (κ1) is 13.2. The van der Waals surface area contributed by atoms with E-state index in [1.165, 1.54) is 33.4 Å². The smallest absolute Gasteiger partial charge is 0.0370 e. The predicted octanol–water partition coefficient (Wildman–Crippen LogP) is 4.15. The molecule has 0 fully saturated rings. The van der Waals surface area contributed by atoms with E-state index in [9.17, 15) is 0 Å². The maximum Gasteiger partial charge on any atom is 0.0370 e. The van der Waals surface area contributed by atoms with Gasteiger partial charge in [0.25, 0.3) is 0 Å². The van der Waals surface area contributed by atoms with Crippen LogP contribution in [0.2, 0.25) is 0 Å². The molecule has 0 aliphatic rings. The van der Waals surface area contributed by atoms with Crippen molar-refractivity contribution in [3.8, 4) is 0 Å². The first-order chi connectivity index (χ1) is 7.24. The predicted molar refractivity (Wildman–Crippen MR) is 80.0 cm³/mol. The highest BCUT2D eigenvalue weighted by atomic mass is 127.